The van der Waals surface area contributed by atoms with Gasteiger partial charge >= 0.3 is 0 Å². The van der Waals surface area contributed by atoms with Gasteiger partial charge in [-0.3, -0.25) is 14.4 Å². The van der Waals surface area contributed by atoms with Gasteiger partial charge in [0.2, 0.25) is 0 Å². The third kappa shape index (κ3) is 3.07. The van der Waals surface area contributed by atoms with E-state index in [4.69, 9.17) is 9.25 Å². The van der Waals surface area contributed by atoms with E-state index in [9.17, 15) is 19.8 Å². The molecule has 40 heavy (non-hydrogen) atoms. The second kappa shape index (κ2) is 8.41. The predicted octanol–water partition coefficient (Wildman–Crippen LogP) is 4.37. The van der Waals surface area contributed by atoms with Crippen molar-refractivity contribution in [2.45, 2.75) is 63.4 Å². The van der Waals surface area contributed by atoms with E-state index in [2.05, 4.69) is 0 Å². The lowest BCUT2D eigenvalue weighted by molar-refractivity contribution is -0.267. The Balaban J connectivity index is 1.27. The molecule has 7 nitrogen and oxygen atoms in total. The zero-order valence-corrected chi connectivity index (χ0v) is 22.5. The monoisotopic (exact) mass is 553 g/mol. The number of allylic oxidation sites excluding steroid dienone is 4. The molecule has 1 aromatic carbocycles. The summed E-state index contributed by atoms with van der Waals surface area (Å²) in [4.78, 5) is 32.2. The highest BCUT2D eigenvalue weighted by atomic mass is 19.1. The summed E-state index contributed by atoms with van der Waals surface area (Å²) in [5.41, 5.74) is -5.43. The number of hydroxylamine groups is 2. The lowest BCUT2D eigenvalue weighted by Gasteiger charge is -2.62. The maximum absolute atomic E-state index is 17.5. The Labute approximate surface area is 230 Å². The summed E-state index contributed by atoms with van der Waals surface area (Å²) in [7, 11) is 0. The van der Waals surface area contributed by atoms with Gasteiger partial charge in [0.05, 0.1) is 12.6 Å². The van der Waals surface area contributed by atoms with Crippen LogP contribution in [-0.2, 0) is 21.0 Å². The molecule has 5 aliphatic rings. The molecule has 2 heterocycles. The number of halogens is 2. The van der Waals surface area contributed by atoms with Crippen LogP contribution >= 0.6 is 0 Å². The molecule has 2 aromatic rings. The number of fused-ring (bicyclic) bond motifs is 8. The maximum Gasteiger partial charge on any atom is 0.192 e. The first-order valence-corrected chi connectivity index (χ1v) is 14.0. The molecule has 4 aliphatic carbocycles. The van der Waals surface area contributed by atoms with Gasteiger partial charge in [-0.05, 0) is 49.5 Å². The van der Waals surface area contributed by atoms with Crippen LogP contribution in [-0.4, -0.2) is 57.4 Å². The average molecular weight is 554 g/mol. The number of carbonyl (C=O) groups excluding carboxylic acids is 2. The van der Waals surface area contributed by atoms with E-state index in [1.54, 1.807) is 12.0 Å². The molecule has 9 heteroatoms. The molecule has 0 bridgehead atoms. The number of aliphatic hydroxyl groups excluding tert-OH is 2. The molecule has 212 valence electrons. The van der Waals surface area contributed by atoms with Crippen LogP contribution in [0.4, 0.5) is 8.78 Å². The molecule has 8 atom stereocenters. The van der Waals surface area contributed by atoms with Gasteiger partial charge in [-0.1, -0.05) is 31.2 Å². The number of nitrogens with zero attached hydrogens (tertiary/aromatic N) is 1. The summed E-state index contributed by atoms with van der Waals surface area (Å²) >= 11 is 0. The Bertz CT molecular complexity index is 1470. The molecule has 1 aliphatic heterocycles. The number of hydrogen-bond acceptors (Lipinski definition) is 7. The number of aliphatic hydroxyl groups is 2. The minimum Gasteiger partial charge on any atom is -0.460 e. The van der Waals surface area contributed by atoms with Gasteiger partial charge in [0, 0.05) is 47.4 Å². The van der Waals surface area contributed by atoms with Crippen LogP contribution in [0.3, 0.4) is 0 Å². The number of furan rings is 1. The molecular weight excluding hydrogens is 520 g/mol. The van der Waals surface area contributed by atoms with Crippen molar-refractivity contribution in [3.8, 4) is 0 Å². The van der Waals surface area contributed by atoms with Crippen LogP contribution < -0.4 is 0 Å². The lowest BCUT2D eigenvalue weighted by atomic mass is 9.45. The number of para-hydroxylation sites is 1. The Morgan fingerprint density at radius 1 is 1.23 bits per heavy atom. The van der Waals surface area contributed by atoms with Gasteiger partial charge in [-0.15, -0.1) is 0 Å². The molecule has 0 amide bonds. The lowest BCUT2D eigenvalue weighted by Crippen LogP contribution is -2.69. The van der Waals surface area contributed by atoms with Crippen LogP contribution in [0.1, 0.15) is 45.3 Å². The van der Waals surface area contributed by atoms with Gasteiger partial charge in [-0.2, -0.15) is 5.06 Å². The minimum absolute atomic E-state index is 0.0995. The number of carbonyl (C=O) groups is 2. The van der Waals surface area contributed by atoms with E-state index in [1.165, 1.54) is 12.2 Å². The van der Waals surface area contributed by atoms with Crippen molar-refractivity contribution in [1.29, 1.82) is 0 Å². The second-order valence-electron chi connectivity index (χ2n) is 12.8. The maximum atomic E-state index is 17.5. The van der Waals surface area contributed by atoms with E-state index in [0.29, 0.717) is 18.7 Å². The van der Waals surface area contributed by atoms with Gasteiger partial charge in [-0.25, -0.2) is 8.78 Å². The van der Waals surface area contributed by atoms with Crippen LogP contribution in [0.5, 0.6) is 0 Å². The smallest absolute Gasteiger partial charge is 0.192 e. The fraction of sp³-hybridized carbons (Fsp3) is 0.548. The summed E-state index contributed by atoms with van der Waals surface area (Å²) in [6.07, 6.45) is 0.989. The topological polar surface area (TPSA) is 100 Å². The highest BCUT2D eigenvalue weighted by Gasteiger charge is 2.79. The van der Waals surface area contributed by atoms with Crippen LogP contribution in [0, 0.1) is 28.6 Å². The average Bonchev–Trinajstić information content (AvgIpc) is 3.56. The zero-order chi connectivity index (χ0) is 28.2. The largest absolute Gasteiger partial charge is 0.460 e. The highest BCUT2D eigenvalue weighted by Crippen LogP contribution is 2.72. The molecule has 2 saturated carbocycles. The number of rotatable bonds is 4. The van der Waals surface area contributed by atoms with Crippen molar-refractivity contribution in [2.75, 3.05) is 13.2 Å². The van der Waals surface area contributed by atoms with Gasteiger partial charge in [0.25, 0.3) is 0 Å². The zero-order valence-electron chi connectivity index (χ0n) is 22.5. The van der Waals surface area contributed by atoms with E-state index >= 15 is 8.78 Å². The van der Waals surface area contributed by atoms with Crippen molar-refractivity contribution in [3.63, 3.8) is 0 Å². The summed E-state index contributed by atoms with van der Waals surface area (Å²) in [6, 6.07) is 9.53. The Hall–Kier alpha value is -2.72. The predicted molar refractivity (Wildman–Crippen MR) is 140 cm³/mol. The molecule has 0 radical (unpaired) electrons. The summed E-state index contributed by atoms with van der Waals surface area (Å²) in [5.74, 6) is -2.50. The molecule has 3 fully saturated rings. The number of hydrogen-bond donors (Lipinski definition) is 2. The number of alkyl halides is 1. The molecule has 0 unspecified atom stereocenters. The van der Waals surface area contributed by atoms with Crippen molar-refractivity contribution in [2.24, 2.45) is 28.6 Å². The first kappa shape index (κ1) is 26.2. The summed E-state index contributed by atoms with van der Waals surface area (Å²) in [5, 5.41) is 24.3. The van der Waals surface area contributed by atoms with Crippen molar-refractivity contribution < 1.29 is 37.8 Å². The molecule has 0 spiro atoms. The summed E-state index contributed by atoms with van der Waals surface area (Å²) in [6.45, 7) is 3.23. The molecule has 7 rings (SSSR count). The molecule has 2 N–H and O–H groups in total. The van der Waals surface area contributed by atoms with Gasteiger partial charge in [0.1, 0.15) is 23.8 Å². The quantitative estimate of drug-likeness (QED) is 0.580. The van der Waals surface area contributed by atoms with Gasteiger partial charge in [0.15, 0.2) is 22.8 Å². The SMILES string of the molecule is C[C@]12C=CC(=O)CC1=C(F)C[C@H]1[C@@H]3C[C@H]4CN(Cc5cc6ccccc6o5)O[C@@]4(C(=O)CO)[C@@]3(C)C[C@H](O)[C@@]12F. The highest BCUT2D eigenvalue weighted by molar-refractivity contribution is 5.94. The number of ketones is 2. The minimum atomic E-state index is -2.23. The van der Waals surface area contributed by atoms with Crippen LogP contribution in [0.15, 0.2) is 58.3 Å². The third-order valence-electron chi connectivity index (χ3n) is 11.1. The molecular formula is C31H33F2NO6. The van der Waals surface area contributed by atoms with Crippen molar-refractivity contribution in [1.82, 2.24) is 5.06 Å². The number of benzene rings is 1. The standard InChI is InChI=1S/C31H33F2NO6/c1-28-8-7-19(36)11-23(28)24(32)12-22-21-10-18-14-34(15-20-9-17-5-3-4-6-25(17)39-20)40-31(18,27(38)16-35)29(21,2)13-26(37)30(22,28)33/h3-9,18,21-22,26,35,37H,10-16H2,1-2H3/t18-,21-,22-,26-,28-,29-,30-,31-/m0/s1. The normalized spacial score (nSPS) is 42.6. The fourth-order valence-electron chi connectivity index (χ4n) is 9.30. The van der Waals surface area contributed by atoms with Crippen molar-refractivity contribution >= 4 is 22.5 Å². The van der Waals surface area contributed by atoms with Crippen LogP contribution in [0.2, 0.25) is 0 Å². The first-order chi connectivity index (χ1) is 19.0. The third-order valence-corrected chi connectivity index (χ3v) is 11.1. The molecule has 1 saturated heterocycles. The Kier molecular flexibility index (Phi) is 5.51. The van der Waals surface area contributed by atoms with Gasteiger partial charge < -0.3 is 14.6 Å². The van der Waals surface area contributed by atoms with Crippen molar-refractivity contribution in [3.05, 3.63) is 59.6 Å². The Morgan fingerprint density at radius 2 is 2.00 bits per heavy atom. The van der Waals surface area contributed by atoms with E-state index in [0.717, 1.165) is 11.0 Å². The first-order valence-electron chi connectivity index (χ1n) is 14.0. The Morgan fingerprint density at radius 3 is 2.75 bits per heavy atom. The second-order valence-corrected chi connectivity index (χ2v) is 12.8. The summed E-state index contributed by atoms with van der Waals surface area (Å²) < 4.78 is 39.1. The molecule has 1 aromatic heterocycles. The number of Topliss-reactive ketones (excluding diaryl/α,β-unsaturated/α-hetero) is 1. The van der Waals surface area contributed by atoms with Crippen LogP contribution in [0.25, 0.3) is 11.0 Å². The fourth-order valence-corrected chi connectivity index (χ4v) is 9.30. The van der Waals surface area contributed by atoms with E-state index in [1.807, 2.05) is 37.3 Å². The van der Waals surface area contributed by atoms with E-state index < -0.39 is 64.2 Å². The van der Waals surface area contributed by atoms with E-state index in [-0.39, 0.29) is 37.2 Å².